The molecule has 2 unspecified atom stereocenters. The largest absolute Gasteiger partial charge is 0.390 e. The van der Waals surface area contributed by atoms with Crippen LogP contribution in [0.1, 0.15) is 12.5 Å². The number of rotatable bonds is 1. The third-order valence-electron chi connectivity index (χ3n) is 3.03. The Morgan fingerprint density at radius 1 is 1.25 bits per heavy atom. The Kier molecular flexibility index (Phi) is 3.46. The van der Waals surface area contributed by atoms with E-state index in [1.165, 1.54) is 11.3 Å². The Morgan fingerprint density at radius 2 is 1.94 bits per heavy atom. The summed E-state index contributed by atoms with van der Waals surface area (Å²) >= 11 is 0. The van der Waals surface area contributed by atoms with E-state index in [4.69, 9.17) is 0 Å². The fraction of sp³-hybridized carbons (Fsp3) is 0.538. The van der Waals surface area contributed by atoms with E-state index < -0.39 is 0 Å². The molecule has 0 radical (unpaired) electrons. The molecule has 1 saturated heterocycles. The first-order valence-electron chi connectivity index (χ1n) is 5.88. The van der Waals surface area contributed by atoms with Crippen LogP contribution in [-0.4, -0.2) is 36.9 Å². The molecule has 0 aromatic heterocycles. The number of nitrogens with one attached hydrogen (secondary N) is 1. The zero-order valence-electron chi connectivity index (χ0n) is 9.98. The molecule has 2 atom stereocenters. The van der Waals surface area contributed by atoms with Crippen LogP contribution in [0.2, 0.25) is 0 Å². The van der Waals surface area contributed by atoms with E-state index in [-0.39, 0.29) is 6.10 Å². The predicted octanol–water partition coefficient (Wildman–Crippen LogP) is 1.15. The van der Waals surface area contributed by atoms with Crippen molar-refractivity contribution in [1.82, 2.24) is 5.32 Å². The molecule has 1 fully saturated rings. The number of hydrogen-bond donors (Lipinski definition) is 2. The number of benzene rings is 1. The summed E-state index contributed by atoms with van der Waals surface area (Å²) in [4.78, 5) is 2.24. The summed E-state index contributed by atoms with van der Waals surface area (Å²) in [6, 6.07) is 8.90. The lowest BCUT2D eigenvalue weighted by atomic mass is 10.2. The summed E-state index contributed by atoms with van der Waals surface area (Å²) in [5.41, 5.74) is 2.46. The van der Waals surface area contributed by atoms with Gasteiger partial charge in [0.25, 0.3) is 0 Å². The Balaban J connectivity index is 2.14. The van der Waals surface area contributed by atoms with E-state index in [2.05, 4.69) is 48.3 Å². The number of β-amino-alcohol motifs (C(OH)–C–C–N with tert-alkyl or cyclic N) is 1. The van der Waals surface area contributed by atoms with Crippen molar-refractivity contribution in [3.8, 4) is 0 Å². The molecule has 88 valence electrons. The molecule has 1 heterocycles. The van der Waals surface area contributed by atoms with E-state index in [1.54, 1.807) is 0 Å². The maximum absolute atomic E-state index is 9.79. The molecule has 1 aliphatic heterocycles. The van der Waals surface area contributed by atoms with E-state index in [0.29, 0.717) is 19.1 Å². The van der Waals surface area contributed by atoms with Gasteiger partial charge in [-0.3, -0.25) is 0 Å². The summed E-state index contributed by atoms with van der Waals surface area (Å²) < 4.78 is 0. The van der Waals surface area contributed by atoms with Gasteiger partial charge in [-0.25, -0.2) is 0 Å². The van der Waals surface area contributed by atoms with Crippen LogP contribution in [0.3, 0.4) is 0 Å². The third kappa shape index (κ3) is 2.74. The Hall–Kier alpha value is -1.06. The fourth-order valence-electron chi connectivity index (χ4n) is 2.09. The number of aliphatic hydroxyl groups is 1. The van der Waals surface area contributed by atoms with E-state index in [9.17, 15) is 5.11 Å². The Labute approximate surface area is 97.1 Å². The van der Waals surface area contributed by atoms with Crippen molar-refractivity contribution in [3.63, 3.8) is 0 Å². The van der Waals surface area contributed by atoms with Crippen molar-refractivity contribution in [2.24, 2.45) is 0 Å². The molecule has 2 rings (SSSR count). The minimum absolute atomic E-state index is 0.286. The van der Waals surface area contributed by atoms with Crippen molar-refractivity contribution in [2.75, 3.05) is 24.5 Å². The molecule has 3 heteroatoms. The van der Waals surface area contributed by atoms with E-state index in [0.717, 1.165) is 6.54 Å². The van der Waals surface area contributed by atoms with Gasteiger partial charge in [0.2, 0.25) is 0 Å². The van der Waals surface area contributed by atoms with Gasteiger partial charge >= 0.3 is 0 Å². The lowest BCUT2D eigenvalue weighted by Gasteiger charge is -2.25. The minimum Gasteiger partial charge on any atom is -0.390 e. The highest BCUT2D eigenvalue weighted by Crippen LogP contribution is 2.17. The minimum atomic E-state index is -0.286. The maximum Gasteiger partial charge on any atom is 0.0839 e. The Morgan fingerprint density at radius 3 is 2.62 bits per heavy atom. The number of hydrogen-bond acceptors (Lipinski definition) is 3. The van der Waals surface area contributed by atoms with Crippen LogP contribution in [0.4, 0.5) is 5.69 Å². The van der Waals surface area contributed by atoms with Crippen LogP contribution in [0.15, 0.2) is 24.3 Å². The van der Waals surface area contributed by atoms with Gasteiger partial charge in [0, 0.05) is 31.4 Å². The molecule has 0 aliphatic carbocycles. The second kappa shape index (κ2) is 4.85. The highest BCUT2D eigenvalue weighted by molar-refractivity contribution is 5.48. The second-order valence-electron chi connectivity index (χ2n) is 4.70. The molecule has 1 aliphatic rings. The molecule has 0 saturated carbocycles. The molecular weight excluding hydrogens is 200 g/mol. The first kappa shape index (κ1) is 11.4. The van der Waals surface area contributed by atoms with Crippen LogP contribution in [0, 0.1) is 6.92 Å². The highest BCUT2D eigenvalue weighted by atomic mass is 16.3. The third-order valence-corrected chi connectivity index (χ3v) is 3.03. The zero-order chi connectivity index (χ0) is 11.5. The molecule has 0 amide bonds. The van der Waals surface area contributed by atoms with Gasteiger partial charge in [-0.15, -0.1) is 0 Å². The van der Waals surface area contributed by atoms with Crippen LogP contribution in [0.25, 0.3) is 0 Å². The van der Waals surface area contributed by atoms with Gasteiger partial charge < -0.3 is 15.3 Å². The van der Waals surface area contributed by atoms with Crippen LogP contribution in [0.5, 0.6) is 0 Å². The van der Waals surface area contributed by atoms with Crippen molar-refractivity contribution in [1.29, 1.82) is 0 Å². The number of aliphatic hydroxyl groups excluding tert-OH is 1. The standard InChI is InChI=1S/C13H20N2O/c1-10-3-5-12(6-4-10)15-8-11(2)14-7-13(16)9-15/h3-6,11,13-14,16H,7-9H2,1-2H3. The second-order valence-corrected chi connectivity index (χ2v) is 4.70. The summed E-state index contributed by atoms with van der Waals surface area (Å²) in [7, 11) is 0. The fourth-order valence-corrected chi connectivity index (χ4v) is 2.09. The number of anilines is 1. The summed E-state index contributed by atoms with van der Waals surface area (Å²) in [5, 5.41) is 13.1. The maximum atomic E-state index is 9.79. The average Bonchev–Trinajstić information content (AvgIpc) is 2.42. The average molecular weight is 220 g/mol. The molecule has 0 spiro atoms. The summed E-state index contributed by atoms with van der Waals surface area (Å²) in [5.74, 6) is 0. The Bertz CT molecular complexity index is 324. The molecular formula is C13H20N2O. The van der Waals surface area contributed by atoms with Gasteiger partial charge in [0.05, 0.1) is 6.10 Å². The lowest BCUT2D eigenvalue weighted by Crippen LogP contribution is -2.35. The molecule has 1 aromatic carbocycles. The first-order chi connectivity index (χ1) is 7.65. The quantitative estimate of drug-likeness (QED) is 0.745. The van der Waals surface area contributed by atoms with Gasteiger partial charge in [-0.05, 0) is 26.0 Å². The zero-order valence-corrected chi connectivity index (χ0v) is 9.98. The first-order valence-corrected chi connectivity index (χ1v) is 5.88. The lowest BCUT2D eigenvalue weighted by molar-refractivity contribution is 0.183. The predicted molar refractivity (Wildman–Crippen MR) is 66.9 cm³/mol. The van der Waals surface area contributed by atoms with Gasteiger partial charge in [0.15, 0.2) is 0 Å². The van der Waals surface area contributed by atoms with Crippen molar-refractivity contribution >= 4 is 5.69 Å². The van der Waals surface area contributed by atoms with Gasteiger partial charge in [-0.1, -0.05) is 17.7 Å². The number of nitrogens with zero attached hydrogens (tertiary/aromatic N) is 1. The van der Waals surface area contributed by atoms with Crippen molar-refractivity contribution in [2.45, 2.75) is 26.0 Å². The summed E-state index contributed by atoms with van der Waals surface area (Å²) in [6.45, 7) is 6.58. The van der Waals surface area contributed by atoms with Crippen LogP contribution < -0.4 is 10.2 Å². The summed E-state index contributed by atoms with van der Waals surface area (Å²) in [6.07, 6.45) is -0.286. The van der Waals surface area contributed by atoms with Crippen LogP contribution >= 0.6 is 0 Å². The molecule has 0 bridgehead atoms. The van der Waals surface area contributed by atoms with Crippen molar-refractivity contribution < 1.29 is 5.11 Å². The monoisotopic (exact) mass is 220 g/mol. The molecule has 1 aromatic rings. The van der Waals surface area contributed by atoms with E-state index in [1.807, 2.05) is 0 Å². The SMILES string of the molecule is Cc1ccc(N2CC(O)CNC(C)C2)cc1. The normalized spacial score (nSPS) is 26.6. The molecule has 16 heavy (non-hydrogen) atoms. The van der Waals surface area contributed by atoms with Gasteiger partial charge in [-0.2, -0.15) is 0 Å². The smallest absolute Gasteiger partial charge is 0.0839 e. The number of aryl methyl sites for hydroxylation is 1. The van der Waals surface area contributed by atoms with Crippen LogP contribution in [-0.2, 0) is 0 Å². The van der Waals surface area contributed by atoms with Crippen molar-refractivity contribution in [3.05, 3.63) is 29.8 Å². The topological polar surface area (TPSA) is 35.5 Å². The molecule has 2 N–H and O–H groups in total. The highest BCUT2D eigenvalue weighted by Gasteiger charge is 2.19. The van der Waals surface area contributed by atoms with Gasteiger partial charge in [0.1, 0.15) is 0 Å². The van der Waals surface area contributed by atoms with E-state index >= 15 is 0 Å². The molecule has 3 nitrogen and oxygen atoms in total.